The second-order valence-electron chi connectivity index (χ2n) is 8.02. The molecule has 1 amide bonds. The summed E-state index contributed by atoms with van der Waals surface area (Å²) in [6.07, 6.45) is 4.66. The van der Waals surface area contributed by atoms with Gasteiger partial charge in [0.15, 0.2) is 0 Å². The topological polar surface area (TPSA) is 32.8 Å². The van der Waals surface area contributed by atoms with E-state index in [0.717, 1.165) is 30.8 Å². The minimum absolute atomic E-state index is 0.134. The standard InChI is InChI=1S/C25H33FN2O2/c1-3-30-22-14-12-21(13-15-22)19-28(25(29)23-10-4-5-11-24(23)26)18-8-17-27-16-7-6-9-20(27)2/h4-5,10-15,20H,3,6-9,16-19H2,1-2H3. The molecule has 0 aliphatic carbocycles. The van der Waals surface area contributed by atoms with Crippen LogP contribution in [0.5, 0.6) is 5.75 Å². The van der Waals surface area contributed by atoms with Gasteiger partial charge in [-0.15, -0.1) is 0 Å². The van der Waals surface area contributed by atoms with Crippen LogP contribution in [0, 0.1) is 5.82 Å². The van der Waals surface area contributed by atoms with Crippen molar-refractivity contribution in [1.29, 1.82) is 0 Å². The van der Waals surface area contributed by atoms with Crippen molar-refractivity contribution >= 4 is 5.91 Å². The van der Waals surface area contributed by atoms with Gasteiger partial charge in [0.25, 0.3) is 5.91 Å². The number of rotatable bonds is 9. The Labute approximate surface area is 179 Å². The first kappa shape index (κ1) is 22.3. The molecule has 3 rings (SSSR count). The van der Waals surface area contributed by atoms with Crippen LogP contribution in [-0.2, 0) is 6.54 Å². The van der Waals surface area contributed by atoms with E-state index >= 15 is 0 Å². The molecule has 4 nitrogen and oxygen atoms in total. The molecule has 1 aliphatic rings. The first-order valence-electron chi connectivity index (χ1n) is 11.1. The SMILES string of the molecule is CCOc1ccc(CN(CCCN2CCCCC2C)C(=O)c2ccccc2F)cc1. The Morgan fingerprint density at radius 1 is 1.17 bits per heavy atom. The lowest BCUT2D eigenvalue weighted by molar-refractivity contribution is 0.0722. The lowest BCUT2D eigenvalue weighted by Crippen LogP contribution is -2.40. The molecule has 0 bridgehead atoms. The third kappa shape index (κ3) is 6.05. The maximum absolute atomic E-state index is 14.3. The van der Waals surface area contributed by atoms with Gasteiger partial charge in [-0.2, -0.15) is 0 Å². The summed E-state index contributed by atoms with van der Waals surface area (Å²) in [5.41, 5.74) is 1.14. The number of benzene rings is 2. The molecule has 30 heavy (non-hydrogen) atoms. The third-order valence-electron chi connectivity index (χ3n) is 5.81. The number of nitrogens with zero attached hydrogens (tertiary/aromatic N) is 2. The molecule has 162 valence electrons. The molecular formula is C25H33FN2O2. The maximum atomic E-state index is 14.3. The highest BCUT2D eigenvalue weighted by atomic mass is 19.1. The number of halogens is 1. The van der Waals surface area contributed by atoms with E-state index in [1.54, 1.807) is 23.1 Å². The van der Waals surface area contributed by atoms with Crippen molar-refractivity contribution in [3.8, 4) is 5.75 Å². The monoisotopic (exact) mass is 412 g/mol. The molecular weight excluding hydrogens is 379 g/mol. The number of carbonyl (C=O) groups excluding carboxylic acids is 1. The van der Waals surface area contributed by atoms with E-state index in [0.29, 0.717) is 25.7 Å². The molecule has 1 heterocycles. The molecule has 1 saturated heterocycles. The maximum Gasteiger partial charge on any atom is 0.257 e. The highest BCUT2D eigenvalue weighted by Gasteiger charge is 2.21. The fraction of sp³-hybridized carbons (Fsp3) is 0.480. The summed E-state index contributed by atoms with van der Waals surface area (Å²) in [6.45, 7) is 7.99. The van der Waals surface area contributed by atoms with E-state index in [4.69, 9.17) is 4.74 Å². The summed E-state index contributed by atoms with van der Waals surface area (Å²) in [7, 11) is 0. The van der Waals surface area contributed by atoms with Gasteiger partial charge in [0.1, 0.15) is 11.6 Å². The normalized spacial score (nSPS) is 17.0. The van der Waals surface area contributed by atoms with Crippen LogP contribution in [0.2, 0.25) is 0 Å². The number of piperidine rings is 1. The Kier molecular flexibility index (Phi) is 8.26. The van der Waals surface area contributed by atoms with Crippen molar-refractivity contribution in [3.63, 3.8) is 0 Å². The second-order valence-corrected chi connectivity index (χ2v) is 8.02. The fourth-order valence-corrected chi connectivity index (χ4v) is 4.09. The highest BCUT2D eigenvalue weighted by molar-refractivity contribution is 5.94. The van der Waals surface area contributed by atoms with Gasteiger partial charge >= 0.3 is 0 Å². The van der Waals surface area contributed by atoms with Crippen molar-refractivity contribution in [3.05, 3.63) is 65.5 Å². The lowest BCUT2D eigenvalue weighted by atomic mass is 10.0. The van der Waals surface area contributed by atoms with Gasteiger partial charge in [-0.25, -0.2) is 4.39 Å². The molecule has 1 atom stereocenters. The predicted molar refractivity (Wildman–Crippen MR) is 118 cm³/mol. The Hall–Kier alpha value is -2.40. The van der Waals surface area contributed by atoms with Crippen molar-refractivity contribution in [2.24, 2.45) is 0 Å². The van der Waals surface area contributed by atoms with Crippen LogP contribution in [0.25, 0.3) is 0 Å². The summed E-state index contributed by atoms with van der Waals surface area (Å²) < 4.78 is 19.8. The minimum Gasteiger partial charge on any atom is -0.494 e. The van der Waals surface area contributed by atoms with Crippen molar-refractivity contribution in [1.82, 2.24) is 9.80 Å². The zero-order valence-electron chi connectivity index (χ0n) is 18.1. The number of likely N-dealkylation sites (tertiary alicyclic amines) is 1. The largest absolute Gasteiger partial charge is 0.494 e. The molecule has 2 aromatic rings. The van der Waals surface area contributed by atoms with Gasteiger partial charge in [0.2, 0.25) is 0 Å². The quantitative estimate of drug-likeness (QED) is 0.572. The van der Waals surface area contributed by atoms with Crippen LogP contribution in [0.1, 0.15) is 55.5 Å². The van der Waals surface area contributed by atoms with E-state index in [1.165, 1.54) is 25.3 Å². The Balaban J connectivity index is 1.69. The summed E-state index contributed by atoms with van der Waals surface area (Å²) in [6, 6.07) is 14.6. The molecule has 0 N–H and O–H groups in total. The van der Waals surface area contributed by atoms with E-state index < -0.39 is 5.82 Å². The van der Waals surface area contributed by atoms with Crippen molar-refractivity contribution in [2.45, 2.75) is 52.1 Å². The summed E-state index contributed by atoms with van der Waals surface area (Å²) in [5, 5.41) is 0. The average molecular weight is 413 g/mol. The molecule has 0 saturated carbocycles. The van der Waals surface area contributed by atoms with Crippen LogP contribution in [-0.4, -0.2) is 48.0 Å². The smallest absolute Gasteiger partial charge is 0.257 e. The van der Waals surface area contributed by atoms with Crippen LogP contribution in [0.15, 0.2) is 48.5 Å². The molecule has 1 fully saturated rings. The zero-order chi connectivity index (χ0) is 21.3. The first-order chi connectivity index (χ1) is 14.6. The first-order valence-corrected chi connectivity index (χ1v) is 11.1. The Morgan fingerprint density at radius 3 is 2.63 bits per heavy atom. The van der Waals surface area contributed by atoms with Crippen LogP contribution in [0.3, 0.4) is 0 Å². The Morgan fingerprint density at radius 2 is 1.93 bits per heavy atom. The number of hydrogen-bond donors (Lipinski definition) is 0. The van der Waals surface area contributed by atoms with Crippen LogP contribution in [0.4, 0.5) is 4.39 Å². The predicted octanol–water partition coefficient (Wildman–Crippen LogP) is 5.13. The van der Waals surface area contributed by atoms with Gasteiger partial charge in [-0.05, 0) is 69.5 Å². The van der Waals surface area contributed by atoms with E-state index in [1.807, 2.05) is 31.2 Å². The molecule has 1 aliphatic heterocycles. The molecule has 0 spiro atoms. The van der Waals surface area contributed by atoms with Crippen LogP contribution >= 0.6 is 0 Å². The molecule has 0 aromatic heterocycles. The molecule has 2 aromatic carbocycles. The van der Waals surface area contributed by atoms with Gasteiger partial charge in [0.05, 0.1) is 12.2 Å². The van der Waals surface area contributed by atoms with Crippen molar-refractivity contribution in [2.75, 3.05) is 26.2 Å². The lowest BCUT2D eigenvalue weighted by Gasteiger charge is -2.34. The highest BCUT2D eigenvalue weighted by Crippen LogP contribution is 2.19. The van der Waals surface area contributed by atoms with Crippen molar-refractivity contribution < 1.29 is 13.9 Å². The zero-order valence-corrected chi connectivity index (χ0v) is 18.1. The summed E-state index contributed by atoms with van der Waals surface area (Å²) >= 11 is 0. The number of carbonyl (C=O) groups is 1. The van der Waals surface area contributed by atoms with E-state index in [9.17, 15) is 9.18 Å². The average Bonchev–Trinajstić information content (AvgIpc) is 2.76. The minimum atomic E-state index is -0.469. The second kappa shape index (κ2) is 11.1. The van der Waals surface area contributed by atoms with Gasteiger partial charge in [-0.1, -0.05) is 30.7 Å². The van der Waals surface area contributed by atoms with E-state index in [2.05, 4.69) is 11.8 Å². The fourth-order valence-electron chi connectivity index (χ4n) is 4.09. The molecule has 1 unspecified atom stereocenters. The molecule has 0 radical (unpaired) electrons. The number of ether oxygens (including phenoxy) is 1. The number of hydrogen-bond acceptors (Lipinski definition) is 3. The van der Waals surface area contributed by atoms with E-state index in [-0.39, 0.29) is 11.5 Å². The number of amides is 1. The van der Waals surface area contributed by atoms with Crippen LogP contribution < -0.4 is 4.74 Å². The van der Waals surface area contributed by atoms with Gasteiger partial charge in [-0.3, -0.25) is 4.79 Å². The van der Waals surface area contributed by atoms with Gasteiger partial charge < -0.3 is 14.5 Å². The summed E-state index contributed by atoms with van der Waals surface area (Å²) in [4.78, 5) is 17.4. The Bertz CT molecular complexity index is 809. The summed E-state index contributed by atoms with van der Waals surface area (Å²) in [5.74, 6) is 0.0878. The molecule has 5 heteroatoms. The van der Waals surface area contributed by atoms with Gasteiger partial charge in [0, 0.05) is 25.7 Å². The third-order valence-corrected chi connectivity index (χ3v) is 5.81.